The smallest absolute Gasteiger partial charge is 0.410 e. The number of benzene rings is 1. The molecule has 1 aliphatic heterocycles. The van der Waals surface area contributed by atoms with Gasteiger partial charge in [0.05, 0.1) is 4.92 Å². The van der Waals surface area contributed by atoms with Gasteiger partial charge in [0, 0.05) is 44.9 Å². The highest BCUT2D eigenvalue weighted by Crippen LogP contribution is 2.29. The molecule has 0 N–H and O–H groups in total. The minimum atomic E-state index is -0.679. The topological polar surface area (TPSA) is 110 Å². The van der Waals surface area contributed by atoms with E-state index in [-0.39, 0.29) is 35.1 Å². The second-order valence-electron chi connectivity index (χ2n) is 6.35. The highest BCUT2D eigenvalue weighted by molar-refractivity contribution is 8.14. The molecule has 2 amide bonds. The van der Waals surface area contributed by atoms with Gasteiger partial charge in [0.1, 0.15) is 12.6 Å². The predicted molar refractivity (Wildman–Crippen MR) is 99.1 cm³/mol. The maximum Gasteiger partial charge on any atom is 0.410 e. The number of hydrogen-bond acceptors (Lipinski definition) is 7. The molecule has 2 rings (SSSR count). The van der Waals surface area contributed by atoms with Crippen molar-refractivity contribution in [2.24, 2.45) is 0 Å². The fourth-order valence-electron chi connectivity index (χ4n) is 2.79. The summed E-state index contributed by atoms with van der Waals surface area (Å²) in [6.45, 7) is 1.62. The lowest BCUT2D eigenvalue weighted by Crippen LogP contribution is -2.45. The molecule has 1 aromatic rings. The van der Waals surface area contributed by atoms with Gasteiger partial charge < -0.3 is 9.64 Å². The molecule has 1 heterocycles. The number of non-ortho nitro benzene ring substituents is 1. The summed E-state index contributed by atoms with van der Waals surface area (Å²) in [5, 5.41) is 10.4. The third-order valence-corrected chi connectivity index (χ3v) is 5.07. The maximum absolute atomic E-state index is 12.5. The molecule has 1 aromatic carbocycles. The lowest BCUT2D eigenvalue weighted by molar-refractivity contribution is -0.384. The van der Waals surface area contributed by atoms with Crippen LogP contribution in [-0.4, -0.2) is 63.8 Å². The molecule has 146 valence electrons. The molecule has 10 heteroatoms. The van der Waals surface area contributed by atoms with Crippen LogP contribution < -0.4 is 0 Å². The first kappa shape index (κ1) is 20.7. The number of nitrogens with zero attached hydrogens (tertiary/aromatic N) is 3. The van der Waals surface area contributed by atoms with Crippen LogP contribution in [0.2, 0.25) is 0 Å². The summed E-state index contributed by atoms with van der Waals surface area (Å²) >= 11 is 1.11. The Morgan fingerprint density at radius 1 is 1.30 bits per heavy atom. The molecule has 9 nitrogen and oxygen atoms in total. The van der Waals surface area contributed by atoms with Crippen LogP contribution in [0.1, 0.15) is 18.9 Å². The van der Waals surface area contributed by atoms with E-state index in [2.05, 4.69) is 0 Å². The second-order valence-corrected chi connectivity index (χ2v) is 7.82. The minimum absolute atomic E-state index is 0.0506. The first-order valence-corrected chi connectivity index (χ1v) is 9.12. The van der Waals surface area contributed by atoms with Gasteiger partial charge in [0.25, 0.3) is 5.69 Å². The van der Waals surface area contributed by atoms with Gasteiger partial charge in [0.15, 0.2) is 5.12 Å². The number of amides is 2. The van der Waals surface area contributed by atoms with Gasteiger partial charge in [-0.1, -0.05) is 11.8 Å². The molecule has 0 spiro atoms. The third-order valence-electron chi connectivity index (χ3n) is 4.07. The Balaban J connectivity index is 2.03. The van der Waals surface area contributed by atoms with Gasteiger partial charge in [-0.15, -0.1) is 0 Å². The number of carbonyl (C=O) groups is 3. The van der Waals surface area contributed by atoms with Crippen molar-refractivity contribution in [1.82, 2.24) is 9.80 Å². The molecular formula is C17H21N3O6S. The molecule has 1 aliphatic rings. The van der Waals surface area contributed by atoms with E-state index in [1.165, 1.54) is 41.0 Å². The van der Waals surface area contributed by atoms with Crippen molar-refractivity contribution in [3.8, 4) is 0 Å². The molecule has 0 aliphatic carbocycles. The van der Waals surface area contributed by atoms with E-state index in [0.29, 0.717) is 12.0 Å². The normalized spacial score (nSPS) is 18.9. The number of rotatable bonds is 5. The summed E-state index contributed by atoms with van der Waals surface area (Å²) in [6, 6.07) is 4.99. The molecule has 0 radical (unpaired) electrons. The van der Waals surface area contributed by atoms with Gasteiger partial charge >= 0.3 is 6.09 Å². The summed E-state index contributed by atoms with van der Waals surface area (Å²) in [4.78, 5) is 49.1. The van der Waals surface area contributed by atoms with Crippen LogP contribution in [0, 0.1) is 10.1 Å². The molecule has 1 saturated heterocycles. The molecule has 0 aromatic heterocycles. The van der Waals surface area contributed by atoms with Crippen molar-refractivity contribution >= 4 is 34.6 Å². The molecule has 1 fully saturated rings. The zero-order valence-corrected chi connectivity index (χ0v) is 16.1. The van der Waals surface area contributed by atoms with Gasteiger partial charge in [-0.3, -0.25) is 24.6 Å². The highest BCUT2D eigenvalue weighted by atomic mass is 32.2. The Bertz CT molecular complexity index is 737. The quantitative estimate of drug-likeness (QED) is 0.554. The van der Waals surface area contributed by atoms with E-state index >= 15 is 0 Å². The van der Waals surface area contributed by atoms with Gasteiger partial charge in [-0.25, -0.2) is 4.79 Å². The fraction of sp³-hybridized carbons (Fsp3) is 0.471. The minimum Gasteiger partial charge on any atom is -0.445 e. The standard InChI is InChI=1S/C17H21N3O6S/c1-11(21)27-14-8-15(16(22)18(2)3)19(9-14)17(23)26-10-12-4-6-13(7-5-12)20(24)25/h4-7,14-15H,8-10H2,1-3H3/t14-,15+/m1/s1. The predicted octanol–water partition coefficient (Wildman–Crippen LogP) is 2.04. The zero-order chi connectivity index (χ0) is 20.1. The number of likely N-dealkylation sites (N-methyl/N-ethyl adjacent to an activating group) is 1. The lowest BCUT2D eigenvalue weighted by Gasteiger charge is -2.25. The van der Waals surface area contributed by atoms with Crippen LogP contribution in [-0.2, 0) is 20.9 Å². The van der Waals surface area contributed by atoms with Gasteiger partial charge in [0.2, 0.25) is 5.91 Å². The average Bonchev–Trinajstić information content (AvgIpc) is 3.02. The number of nitro benzene ring substituents is 1. The van der Waals surface area contributed by atoms with E-state index in [0.717, 1.165) is 11.8 Å². The summed E-state index contributed by atoms with van der Waals surface area (Å²) in [5.74, 6) is -0.228. The van der Waals surface area contributed by atoms with Crippen molar-refractivity contribution in [3.05, 3.63) is 39.9 Å². The van der Waals surface area contributed by atoms with Gasteiger partial charge in [-0.05, 0) is 24.1 Å². The zero-order valence-electron chi connectivity index (χ0n) is 15.3. The second kappa shape index (κ2) is 8.85. The molecular weight excluding hydrogens is 374 g/mol. The number of carbonyl (C=O) groups excluding carboxylic acids is 3. The van der Waals surface area contributed by atoms with Crippen molar-refractivity contribution in [2.45, 2.75) is 31.2 Å². The Labute approximate surface area is 160 Å². The number of ether oxygens (including phenoxy) is 1. The number of thioether (sulfide) groups is 1. The molecule has 2 atom stereocenters. The van der Waals surface area contributed by atoms with Crippen molar-refractivity contribution in [2.75, 3.05) is 20.6 Å². The van der Waals surface area contributed by atoms with Crippen molar-refractivity contribution < 1.29 is 24.0 Å². The largest absolute Gasteiger partial charge is 0.445 e. The lowest BCUT2D eigenvalue weighted by atomic mass is 10.2. The van der Waals surface area contributed by atoms with Crippen LogP contribution in [0.4, 0.5) is 10.5 Å². The Morgan fingerprint density at radius 3 is 2.44 bits per heavy atom. The monoisotopic (exact) mass is 395 g/mol. The van der Waals surface area contributed by atoms with Crippen LogP contribution in [0.3, 0.4) is 0 Å². The number of likely N-dealkylation sites (tertiary alicyclic amines) is 1. The summed E-state index contributed by atoms with van der Waals surface area (Å²) in [5.41, 5.74) is 0.545. The van der Waals surface area contributed by atoms with E-state index in [1.54, 1.807) is 14.1 Å². The number of nitro groups is 1. The fourth-order valence-corrected chi connectivity index (χ4v) is 3.78. The average molecular weight is 395 g/mol. The summed E-state index contributed by atoms with van der Waals surface area (Å²) in [7, 11) is 3.21. The van der Waals surface area contributed by atoms with Crippen LogP contribution in [0.25, 0.3) is 0 Å². The van der Waals surface area contributed by atoms with Gasteiger partial charge in [-0.2, -0.15) is 0 Å². The summed E-state index contributed by atoms with van der Waals surface area (Å²) < 4.78 is 5.28. The molecule has 0 unspecified atom stereocenters. The molecule has 27 heavy (non-hydrogen) atoms. The SMILES string of the molecule is CC(=O)S[C@@H]1C[C@@H](C(=O)N(C)C)N(C(=O)OCc2ccc([N+](=O)[O-])cc2)C1. The maximum atomic E-state index is 12.5. The van der Waals surface area contributed by atoms with Crippen LogP contribution >= 0.6 is 11.8 Å². The van der Waals surface area contributed by atoms with Crippen LogP contribution in [0.15, 0.2) is 24.3 Å². The van der Waals surface area contributed by atoms with E-state index in [1.807, 2.05) is 0 Å². The first-order chi connectivity index (χ1) is 12.7. The molecule has 0 bridgehead atoms. The van der Waals surface area contributed by atoms with E-state index in [9.17, 15) is 24.5 Å². The first-order valence-electron chi connectivity index (χ1n) is 8.24. The summed E-state index contributed by atoms with van der Waals surface area (Å²) in [6.07, 6.45) is -0.270. The van der Waals surface area contributed by atoms with E-state index in [4.69, 9.17) is 4.74 Å². The Hall–Kier alpha value is -2.62. The Kier molecular flexibility index (Phi) is 6.78. The van der Waals surface area contributed by atoms with Crippen molar-refractivity contribution in [3.63, 3.8) is 0 Å². The highest BCUT2D eigenvalue weighted by Gasteiger charge is 2.41. The van der Waals surface area contributed by atoms with E-state index < -0.39 is 17.1 Å². The Morgan fingerprint density at radius 2 is 1.93 bits per heavy atom. The third kappa shape index (κ3) is 5.43. The van der Waals surface area contributed by atoms with Crippen molar-refractivity contribution in [1.29, 1.82) is 0 Å². The molecule has 0 saturated carbocycles. The number of hydrogen-bond donors (Lipinski definition) is 0. The van der Waals surface area contributed by atoms with Crippen LogP contribution in [0.5, 0.6) is 0 Å².